The lowest BCUT2D eigenvalue weighted by atomic mass is 9.98. The fourth-order valence-electron chi connectivity index (χ4n) is 1.49. The van der Waals surface area contributed by atoms with Gasteiger partial charge in [0.05, 0.1) is 5.41 Å². The Labute approximate surface area is 86.7 Å². The van der Waals surface area contributed by atoms with Gasteiger partial charge >= 0.3 is 0 Å². The average Bonchev–Trinajstić information content (AvgIpc) is 2.86. The summed E-state index contributed by atoms with van der Waals surface area (Å²) in [6.07, 6.45) is 1.72. The topological polar surface area (TPSA) is 17.1 Å². The van der Waals surface area contributed by atoms with E-state index in [1.165, 1.54) is 0 Å². The van der Waals surface area contributed by atoms with Crippen molar-refractivity contribution < 1.29 is 4.79 Å². The van der Waals surface area contributed by atoms with Gasteiger partial charge in [0.1, 0.15) is 0 Å². The molecule has 0 unspecified atom stereocenters. The molecule has 0 N–H and O–H groups in total. The summed E-state index contributed by atoms with van der Waals surface area (Å²) in [4.78, 5) is 11.1. The molecule has 2 rings (SSSR count). The van der Waals surface area contributed by atoms with Crippen LogP contribution in [0.5, 0.6) is 0 Å². The Kier molecular flexibility index (Phi) is 2.09. The van der Waals surface area contributed by atoms with Gasteiger partial charge in [0, 0.05) is 5.02 Å². The maximum Gasteiger partial charge on any atom is 0.232 e. The molecule has 0 bridgehead atoms. The van der Waals surface area contributed by atoms with Crippen molar-refractivity contribution in [2.24, 2.45) is 0 Å². The predicted molar refractivity (Wildman–Crippen MR) is 53.2 cm³/mol. The second-order valence-electron chi connectivity index (χ2n) is 3.36. The molecule has 0 saturated heterocycles. The summed E-state index contributed by atoms with van der Waals surface area (Å²) in [6.45, 7) is 0. The molecule has 1 aromatic carbocycles. The van der Waals surface area contributed by atoms with Crippen LogP contribution >= 0.6 is 23.2 Å². The summed E-state index contributed by atoms with van der Waals surface area (Å²) in [7, 11) is 0. The molecule has 0 aromatic heterocycles. The quantitative estimate of drug-likeness (QED) is 0.692. The van der Waals surface area contributed by atoms with Gasteiger partial charge in [-0.05, 0) is 42.1 Å². The smallest absolute Gasteiger partial charge is 0.232 e. The summed E-state index contributed by atoms with van der Waals surface area (Å²) in [6, 6.07) is 7.32. The number of hydrogen-bond donors (Lipinski definition) is 0. The van der Waals surface area contributed by atoms with E-state index in [0.717, 1.165) is 18.4 Å². The molecule has 1 aromatic rings. The zero-order valence-electron chi connectivity index (χ0n) is 6.89. The van der Waals surface area contributed by atoms with E-state index in [9.17, 15) is 4.79 Å². The van der Waals surface area contributed by atoms with E-state index in [1.807, 2.05) is 12.1 Å². The Morgan fingerprint density at radius 3 is 2.15 bits per heavy atom. The molecular weight excluding hydrogens is 207 g/mol. The first-order valence-electron chi connectivity index (χ1n) is 4.11. The Morgan fingerprint density at radius 1 is 1.23 bits per heavy atom. The van der Waals surface area contributed by atoms with E-state index in [2.05, 4.69) is 0 Å². The van der Waals surface area contributed by atoms with Crippen molar-refractivity contribution in [2.75, 3.05) is 0 Å². The number of hydrogen-bond acceptors (Lipinski definition) is 1. The van der Waals surface area contributed by atoms with Crippen molar-refractivity contribution >= 4 is 28.4 Å². The highest BCUT2D eigenvalue weighted by molar-refractivity contribution is 6.66. The molecule has 1 aliphatic rings. The molecule has 68 valence electrons. The lowest BCUT2D eigenvalue weighted by molar-refractivity contribution is -0.113. The molecular formula is C10H8Cl2O. The zero-order chi connectivity index (χ0) is 9.47. The molecule has 1 fully saturated rings. The standard InChI is InChI=1S/C10H8Cl2O/c11-8-3-1-7(2-4-8)10(5-6-10)9(12)13/h1-4H,5-6H2. The van der Waals surface area contributed by atoms with Gasteiger partial charge in [0.25, 0.3) is 0 Å². The van der Waals surface area contributed by atoms with E-state index in [4.69, 9.17) is 23.2 Å². The van der Waals surface area contributed by atoms with Gasteiger partial charge in [0.15, 0.2) is 0 Å². The second kappa shape index (κ2) is 3.00. The van der Waals surface area contributed by atoms with E-state index in [0.29, 0.717) is 5.02 Å². The minimum Gasteiger partial charge on any atom is -0.280 e. The summed E-state index contributed by atoms with van der Waals surface area (Å²) in [5.41, 5.74) is 0.587. The highest BCUT2D eigenvalue weighted by atomic mass is 35.5. The summed E-state index contributed by atoms with van der Waals surface area (Å²) >= 11 is 11.3. The summed E-state index contributed by atoms with van der Waals surface area (Å²) in [5, 5.41) is 0.427. The maximum atomic E-state index is 11.1. The van der Waals surface area contributed by atoms with Gasteiger partial charge in [0.2, 0.25) is 5.24 Å². The molecule has 1 nitrogen and oxygen atoms in total. The van der Waals surface area contributed by atoms with Crippen LogP contribution in [0.1, 0.15) is 18.4 Å². The number of rotatable bonds is 2. The number of carbonyl (C=O) groups excluding carboxylic acids is 1. The van der Waals surface area contributed by atoms with Gasteiger partial charge in [-0.3, -0.25) is 4.79 Å². The lowest BCUT2D eigenvalue weighted by Gasteiger charge is -2.09. The lowest BCUT2D eigenvalue weighted by Crippen LogP contribution is -2.14. The molecule has 0 atom stereocenters. The van der Waals surface area contributed by atoms with Crippen LogP contribution in [0.15, 0.2) is 24.3 Å². The Balaban J connectivity index is 2.36. The normalized spacial score (nSPS) is 18.3. The molecule has 13 heavy (non-hydrogen) atoms. The average molecular weight is 215 g/mol. The molecule has 0 aliphatic heterocycles. The summed E-state index contributed by atoms with van der Waals surface area (Å²) < 4.78 is 0. The van der Waals surface area contributed by atoms with Crippen LogP contribution in [0, 0.1) is 0 Å². The number of carbonyl (C=O) groups is 1. The van der Waals surface area contributed by atoms with E-state index < -0.39 is 5.41 Å². The van der Waals surface area contributed by atoms with E-state index >= 15 is 0 Å². The highest BCUT2D eigenvalue weighted by Crippen LogP contribution is 2.49. The van der Waals surface area contributed by atoms with Crippen molar-refractivity contribution in [3.8, 4) is 0 Å². The molecule has 0 spiro atoms. The molecule has 0 heterocycles. The maximum absolute atomic E-state index is 11.1. The first-order valence-corrected chi connectivity index (χ1v) is 4.87. The fraction of sp³-hybridized carbons (Fsp3) is 0.300. The number of halogens is 2. The minimum absolute atomic E-state index is 0.255. The second-order valence-corrected chi connectivity index (χ2v) is 4.14. The van der Waals surface area contributed by atoms with Crippen LogP contribution in [-0.2, 0) is 10.2 Å². The van der Waals surface area contributed by atoms with Gasteiger partial charge < -0.3 is 0 Å². The van der Waals surface area contributed by atoms with Crippen molar-refractivity contribution in [1.82, 2.24) is 0 Å². The third kappa shape index (κ3) is 1.47. The fourth-order valence-corrected chi connectivity index (χ4v) is 1.92. The van der Waals surface area contributed by atoms with Crippen LogP contribution in [0.3, 0.4) is 0 Å². The third-order valence-electron chi connectivity index (χ3n) is 2.52. The Bertz CT molecular complexity index is 338. The Morgan fingerprint density at radius 2 is 1.77 bits per heavy atom. The molecule has 1 aliphatic carbocycles. The van der Waals surface area contributed by atoms with Crippen LogP contribution in [0.25, 0.3) is 0 Å². The van der Waals surface area contributed by atoms with Gasteiger partial charge in [-0.25, -0.2) is 0 Å². The molecule has 0 radical (unpaired) electrons. The van der Waals surface area contributed by atoms with Crippen LogP contribution in [0.2, 0.25) is 5.02 Å². The molecule has 1 saturated carbocycles. The Hall–Kier alpha value is -0.530. The van der Waals surface area contributed by atoms with Crippen molar-refractivity contribution in [2.45, 2.75) is 18.3 Å². The molecule has 0 amide bonds. The van der Waals surface area contributed by atoms with Crippen molar-refractivity contribution in [3.05, 3.63) is 34.9 Å². The van der Waals surface area contributed by atoms with Gasteiger partial charge in [-0.1, -0.05) is 23.7 Å². The third-order valence-corrected chi connectivity index (χ3v) is 3.14. The van der Waals surface area contributed by atoms with E-state index in [1.54, 1.807) is 12.1 Å². The SMILES string of the molecule is O=C(Cl)C1(c2ccc(Cl)cc2)CC1. The number of benzene rings is 1. The van der Waals surface area contributed by atoms with Crippen LogP contribution in [0.4, 0.5) is 0 Å². The van der Waals surface area contributed by atoms with Gasteiger partial charge in [-0.15, -0.1) is 0 Å². The minimum atomic E-state index is -0.397. The summed E-state index contributed by atoms with van der Waals surface area (Å²) in [5.74, 6) is 0. The van der Waals surface area contributed by atoms with Crippen LogP contribution in [-0.4, -0.2) is 5.24 Å². The monoisotopic (exact) mass is 214 g/mol. The van der Waals surface area contributed by atoms with Gasteiger partial charge in [-0.2, -0.15) is 0 Å². The van der Waals surface area contributed by atoms with E-state index in [-0.39, 0.29) is 5.24 Å². The predicted octanol–water partition coefficient (Wildman–Crippen LogP) is 3.14. The first kappa shape index (κ1) is 9.04. The van der Waals surface area contributed by atoms with Crippen molar-refractivity contribution in [1.29, 1.82) is 0 Å². The van der Waals surface area contributed by atoms with Crippen molar-refractivity contribution in [3.63, 3.8) is 0 Å². The van der Waals surface area contributed by atoms with Crippen LogP contribution < -0.4 is 0 Å². The highest BCUT2D eigenvalue weighted by Gasteiger charge is 2.50. The molecule has 3 heteroatoms. The first-order chi connectivity index (χ1) is 6.15. The largest absolute Gasteiger partial charge is 0.280 e. The zero-order valence-corrected chi connectivity index (χ0v) is 8.40.